The Bertz CT molecular complexity index is 503. The van der Waals surface area contributed by atoms with Crippen LogP contribution in [0.5, 0.6) is 0 Å². The molecule has 0 aromatic carbocycles. The molecule has 3 atom stereocenters. The third kappa shape index (κ3) is 4.85. The van der Waals surface area contributed by atoms with Gasteiger partial charge in [-0.2, -0.15) is 0 Å². The fourth-order valence-corrected chi connectivity index (χ4v) is 4.40. The van der Waals surface area contributed by atoms with Crippen LogP contribution in [0, 0.1) is 5.92 Å². The van der Waals surface area contributed by atoms with E-state index >= 15 is 0 Å². The molecule has 21 heavy (non-hydrogen) atoms. The van der Waals surface area contributed by atoms with Gasteiger partial charge in [-0.05, 0) is 31.6 Å². The zero-order valence-electron chi connectivity index (χ0n) is 13.1. The highest BCUT2D eigenvalue weighted by atomic mass is 32.2. The fraction of sp³-hybridized carbons (Fsp3) is 0.750. The van der Waals surface area contributed by atoms with Gasteiger partial charge in [0, 0.05) is 23.1 Å². The van der Waals surface area contributed by atoms with Crippen molar-refractivity contribution in [3.05, 3.63) is 22.1 Å². The summed E-state index contributed by atoms with van der Waals surface area (Å²) in [6.07, 6.45) is 7.84. The van der Waals surface area contributed by atoms with Crippen LogP contribution in [0.25, 0.3) is 0 Å². The van der Waals surface area contributed by atoms with Crippen LogP contribution < -0.4 is 11.3 Å². The number of thioether (sulfide) groups is 1. The van der Waals surface area contributed by atoms with Crippen LogP contribution in [0.4, 0.5) is 0 Å². The molecule has 0 aliphatic heterocycles. The van der Waals surface area contributed by atoms with E-state index in [4.69, 9.17) is 5.73 Å². The van der Waals surface area contributed by atoms with Crippen molar-refractivity contribution in [1.29, 1.82) is 0 Å². The van der Waals surface area contributed by atoms with Gasteiger partial charge in [-0.25, -0.2) is 4.98 Å². The normalized spacial score (nSPS) is 26.0. The highest BCUT2D eigenvalue weighted by molar-refractivity contribution is 7.99. The molecule has 1 aromatic rings. The second-order valence-electron chi connectivity index (χ2n) is 6.08. The molecule has 0 radical (unpaired) electrons. The molecule has 118 valence electrons. The zero-order valence-corrected chi connectivity index (χ0v) is 13.9. The summed E-state index contributed by atoms with van der Waals surface area (Å²) in [5.41, 5.74) is 7.12. The Morgan fingerprint density at radius 2 is 2.19 bits per heavy atom. The summed E-state index contributed by atoms with van der Waals surface area (Å²) in [6, 6.07) is 1.82. The summed E-state index contributed by atoms with van der Waals surface area (Å²) in [6.45, 7) is 4.34. The Kier molecular flexibility index (Phi) is 6.30. The fourth-order valence-electron chi connectivity index (χ4n) is 3.11. The van der Waals surface area contributed by atoms with E-state index in [1.807, 2.05) is 0 Å². The topological polar surface area (TPSA) is 71.8 Å². The van der Waals surface area contributed by atoms with E-state index in [9.17, 15) is 4.79 Å². The summed E-state index contributed by atoms with van der Waals surface area (Å²) in [4.78, 5) is 19.2. The monoisotopic (exact) mass is 309 g/mol. The molecular weight excluding hydrogens is 282 g/mol. The molecule has 1 aliphatic rings. The van der Waals surface area contributed by atoms with Crippen molar-refractivity contribution < 1.29 is 0 Å². The first-order valence-electron chi connectivity index (χ1n) is 8.14. The number of hydrogen-bond acceptors (Lipinski definition) is 4. The Balaban J connectivity index is 2.06. The molecule has 1 fully saturated rings. The standard InChI is InChI=1S/C16H27N3OS/c1-3-5-11-7-8-13(17)14(9-11)21-16-18-12(6-4-2)10-15(20)19-16/h10-11,13-14H,3-9,17H2,1-2H3,(H,18,19,20). The van der Waals surface area contributed by atoms with Crippen LogP contribution in [0.15, 0.2) is 16.0 Å². The number of aromatic amines is 1. The molecular formula is C16H27N3OS. The molecule has 1 aromatic heterocycles. The molecule has 4 nitrogen and oxygen atoms in total. The molecule has 1 heterocycles. The van der Waals surface area contributed by atoms with Gasteiger partial charge in [-0.3, -0.25) is 4.79 Å². The minimum absolute atomic E-state index is 0.0505. The van der Waals surface area contributed by atoms with E-state index in [1.165, 1.54) is 19.3 Å². The molecule has 0 saturated heterocycles. The van der Waals surface area contributed by atoms with Crippen molar-refractivity contribution in [3.63, 3.8) is 0 Å². The summed E-state index contributed by atoms with van der Waals surface area (Å²) < 4.78 is 0. The number of hydrogen-bond donors (Lipinski definition) is 2. The van der Waals surface area contributed by atoms with E-state index < -0.39 is 0 Å². The number of nitrogens with one attached hydrogen (secondary N) is 1. The second kappa shape index (κ2) is 7.99. The van der Waals surface area contributed by atoms with Gasteiger partial charge < -0.3 is 10.7 Å². The van der Waals surface area contributed by atoms with Crippen molar-refractivity contribution in [2.45, 2.75) is 75.2 Å². The van der Waals surface area contributed by atoms with Gasteiger partial charge in [0.15, 0.2) is 5.16 Å². The maximum atomic E-state index is 11.7. The predicted octanol–water partition coefficient (Wildman–Crippen LogP) is 3.11. The number of aromatic nitrogens is 2. The van der Waals surface area contributed by atoms with Gasteiger partial charge in [0.25, 0.3) is 5.56 Å². The number of aryl methyl sites for hydroxylation is 1. The summed E-state index contributed by atoms with van der Waals surface area (Å²) in [7, 11) is 0. The first-order chi connectivity index (χ1) is 10.1. The van der Waals surface area contributed by atoms with E-state index in [1.54, 1.807) is 17.8 Å². The van der Waals surface area contributed by atoms with Crippen molar-refractivity contribution in [1.82, 2.24) is 9.97 Å². The average molecular weight is 309 g/mol. The van der Waals surface area contributed by atoms with Crippen LogP contribution in [-0.4, -0.2) is 21.3 Å². The summed E-state index contributed by atoms with van der Waals surface area (Å²) >= 11 is 1.66. The van der Waals surface area contributed by atoms with Crippen LogP contribution in [-0.2, 0) is 6.42 Å². The lowest BCUT2D eigenvalue weighted by atomic mass is 9.83. The number of nitrogens with zero attached hydrogens (tertiary/aromatic N) is 1. The quantitative estimate of drug-likeness (QED) is 0.792. The molecule has 0 bridgehead atoms. The maximum Gasteiger partial charge on any atom is 0.251 e. The largest absolute Gasteiger partial charge is 0.327 e. The molecule has 3 N–H and O–H groups in total. The highest BCUT2D eigenvalue weighted by Crippen LogP contribution is 2.36. The molecule has 2 rings (SSSR count). The number of rotatable bonds is 6. The van der Waals surface area contributed by atoms with Gasteiger partial charge in [0.2, 0.25) is 0 Å². The van der Waals surface area contributed by atoms with E-state index in [2.05, 4.69) is 23.8 Å². The molecule has 1 saturated carbocycles. The maximum absolute atomic E-state index is 11.7. The highest BCUT2D eigenvalue weighted by Gasteiger charge is 2.29. The number of nitrogens with two attached hydrogens (primary N) is 1. The van der Waals surface area contributed by atoms with Gasteiger partial charge >= 0.3 is 0 Å². The van der Waals surface area contributed by atoms with Gasteiger partial charge in [-0.15, -0.1) is 0 Å². The third-order valence-electron chi connectivity index (χ3n) is 4.19. The summed E-state index contributed by atoms with van der Waals surface area (Å²) in [5, 5.41) is 1.11. The molecule has 5 heteroatoms. The molecule has 3 unspecified atom stereocenters. The number of H-pyrrole nitrogens is 1. The third-order valence-corrected chi connectivity index (χ3v) is 5.45. The van der Waals surface area contributed by atoms with Crippen LogP contribution in [0.3, 0.4) is 0 Å². The minimum Gasteiger partial charge on any atom is -0.327 e. The Morgan fingerprint density at radius 3 is 2.90 bits per heavy atom. The Hall–Kier alpha value is -0.810. The lowest BCUT2D eigenvalue weighted by Gasteiger charge is -2.33. The molecule has 0 amide bonds. The molecule has 1 aliphatic carbocycles. The lowest BCUT2D eigenvalue weighted by Crippen LogP contribution is -2.38. The first kappa shape index (κ1) is 16.6. The van der Waals surface area contributed by atoms with Gasteiger partial charge in [-0.1, -0.05) is 44.9 Å². The van der Waals surface area contributed by atoms with Crippen LogP contribution in [0.1, 0.15) is 58.1 Å². The average Bonchev–Trinajstić information content (AvgIpc) is 2.42. The van der Waals surface area contributed by atoms with Gasteiger partial charge in [0.1, 0.15) is 0 Å². The predicted molar refractivity (Wildman–Crippen MR) is 88.7 cm³/mol. The van der Waals surface area contributed by atoms with Crippen molar-refractivity contribution in [2.75, 3.05) is 0 Å². The molecule has 0 spiro atoms. The van der Waals surface area contributed by atoms with E-state index in [0.29, 0.717) is 5.25 Å². The summed E-state index contributed by atoms with van der Waals surface area (Å²) in [5.74, 6) is 0.776. The minimum atomic E-state index is -0.0505. The van der Waals surface area contributed by atoms with Crippen LogP contribution >= 0.6 is 11.8 Å². The van der Waals surface area contributed by atoms with Crippen LogP contribution in [0.2, 0.25) is 0 Å². The first-order valence-corrected chi connectivity index (χ1v) is 9.02. The smallest absolute Gasteiger partial charge is 0.251 e. The van der Waals surface area contributed by atoms with E-state index in [0.717, 1.165) is 42.5 Å². The Labute approximate surface area is 131 Å². The van der Waals surface area contributed by atoms with Crippen molar-refractivity contribution in [2.24, 2.45) is 11.7 Å². The Morgan fingerprint density at radius 1 is 1.38 bits per heavy atom. The van der Waals surface area contributed by atoms with E-state index in [-0.39, 0.29) is 11.6 Å². The van der Waals surface area contributed by atoms with Crippen molar-refractivity contribution >= 4 is 11.8 Å². The SMILES string of the molecule is CCCc1cc(=O)[nH]c(SC2CC(CCC)CCC2N)n1. The van der Waals surface area contributed by atoms with Gasteiger partial charge in [0.05, 0.1) is 0 Å². The second-order valence-corrected chi connectivity index (χ2v) is 7.31. The van der Waals surface area contributed by atoms with Crippen molar-refractivity contribution in [3.8, 4) is 0 Å². The lowest BCUT2D eigenvalue weighted by molar-refractivity contribution is 0.316. The zero-order chi connectivity index (χ0) is 15.2.